The van der Waals surface area contributed by atoms with Gasteiger partial charge in [-0.1, -0.05) is 41.7 Å². The highest BCUT2D eigenvalue weighted by molar-refractivity contribution is 7.17. The van der Waals surface area contributed by atoms with Crippen molar-refractivity contribution in [1.29, 1.82) is 0 Å². The van der Waals surface area contributed by atoms with Gasteiger partial charge >= 0.3 is 0 Å². The molecule has 1 saturated heterocycles. The van der Waals surface area contributed by atoms with Crippen molar-refractivity contribution in [2.45, 2.75) is 39.7 Å². The fourth-order valence-electron chi connectivity index (χ4n) is 3.89. The molecule has 1 N–H and O–H groups in total. The van der Waals surface area contributed by atoms with Gasteiger partial charge in [0.15, 0.2) is 0 Å². The molecule has 4 rings (SSSR count). The molecule has 1 atom stereocenters. The van der Waals surface area contributed by atoms with Crippen LogP contribution in [0.25, 0.3) is 5.13 Å². The van der Waals surface area contributed by atoms with Gasteiger partial charge < -0.3 is 10.2 Å². The van der Waals surface area contributed by atoms with Gasteiger partial charge in [0.05, 0.1) is 6.04 Å². The van der Waals surface area contributed by atoms with E-state index in [0.29, 0.717) is 0 Å². The third-order valence-electron chi connectivity index (χ3n) is 5.66. The molecule has 1 aliphatic heterocycles. The number of rotatable bonds is 5. The summed E-state index contributed by atoms with van der Waals surface area (Å²) in [5, 5.41) is 13.8. The molecule has 0 unspecified atom stereocenters. The number of nitrogens with one attached hydrogen (secondary N) is 1. The van der Waals surface area contributed by atoms with Crippen LogP contribution in [0.3, 0.4) is 0 Å². The molecule has 0 spiro atoms. The Morgan fingerprint density at radius 2 is 1.66 bits per heavy atom. The molecule has 3 heterocycles. The summed E-state index contributed by atoms with van der Waals surface area (Å²) in [7, 11) is 0. The van der Waals surface area contributed by atoms with Crippen molar-refractivity contribution >= 4 is 22.4 Å². The van der Waals surface area contributed by atoms with E-state index in [-0.39, 0.29) is 17.9 Å². The van der Waals surface area contributed by atoms with Gasteiger partial charge in [-0.05, 0) is 51.3 Å². The van der Waals surface area contributed by atoms with E-state index in [4.69, 9.17) is 0 Å². The van der Waals surface area contributed by atoms with Crippen LogP contribution in [-0.4, -0.2) is 33.8 Å². The Morgan fingerprint density at radius 3 is 2.31 bits per heavy atom. The van der Waals surface area contributed by atoms with Crippen LogP contribution in [0.4, 0.5) is 5.13 Å². The summed E-state index contributed by atoms with van der Waals surface area (Å²) in [5.41, 5.74) is 3.46. The van der Waals surface area contributed by atoms with Crippen molar-refractivity contribution in [3.63, 3.8) is 0 Å². The minimum absolute atomic E-state index is 0.0282. The Kier molecular flexibility index (Phi) is 5.67. The maximum atomic E-state index is 12.7. The fraction of sp³-hybridized carbons (Fsp3) is 0.409. The topological polar surface area (TPSA) is 63.1 Å². The van der Waals surface area contributed by atoms with Crippen molar-refractivity contribution in [1.82, 2.24) is 20.1 Å². The summed E-state index contributed by atoms with van der Waals surface area (Å²) in [5.74, 6) is 0.205. The fourth-order valence-corrected chi connectivity index (χ4v) is 4.90. The van der Waals surface area contributed by atoms with Crippen LogP contribution in [0.5, 0.6) is 0 Å². The summed E-state index contributed by atoms with van der Waals surface area (Å²) < 4.78 is 2.13. The highest BCUT2D eigenvalue weighted by atomic mass is 32.1. The molecule has 1 fully saturated rings. The van der Waals surface area contributed by atoms with Gasteiger partial charge in [0.1, 0.15) is 0 Å². The lowest BCUT2D eigenvalue weighted by Crippen LogP contribution is -2.41. The third-order valence-corrected chi connectivity index (χ3v) is 6.63. The Labute approximate surface area is 175 Å². The average molecular weight is 410 g/mol. The van der Waals surface area contributed by atoms with Crippen LogP contribution in [0.15, 0.2) is 42.5 Å². The smallest absolute Gasteiger partial charge is 0.223 e. The Balaban J connectivity index is 1.34. The Bertz CT molecular complexity index is 953. The first-order valence-electron chi connectivity index (χ1n) is 10.1. The summed E-state index contributed by atoms with van der Waals surface area (Å²) in [6.45, 7) is 7.85. The Morgan fingerprint density at radius 1 is 1.03 bits per heavy atom. The molecule has 7 heteroatoms. The molecule has 0 aliphatic carbocycles. The van der Waals surface area contributed by atoms with Crippen LogP contribution in [0.2, 0.25) is 0 Å². The number of hydrogen-bond acceptors (Lipinski definition) is 5. The minimum atomic E-state index is 0.0282. The summed E-state index contributed by atoms with van der Waals surface area (Å²) in [6, 6.07) is 14.3. The van der Waals surface area contributed by atoms with E-state index in [1.807, 2.05) is 25.1 Å². The second-order valence-electron chi connectivity index (χ2n) is 7.72. The van der Waals surface area contributed by atoms with Crippen molar-refractivity contribution in [3.8, 4) is 5.13 Å². The molecule has 152 valence electrons. The zero-order chi connectivity index (χ0) is 20.4. The van der Waals surface area contributed by atoms with E-state index in [1.165, 1.54) is 0 Å². The van der Waals surface area contributed by atoms with Crippen LogP contribution >= 0.6 is 11.3 Å². The lowest BCUT2D eigenvalue weighted by molar-refractivity contribution is -0.126. The van der Waals surface area contributed by atoms with Gasteiger partial charge in [-0.25, -0.2) is 0 Å². The van der Waals surface area contributed by atoms with Crippen molar-refractivity contribution in [2.75, 3.05) is 18.0 Å². The molecule has 0 radical (unpaired) electrons. The van der Waals surface area contributed by atoms with Gasteiger partial charge in [0, 0.05) is 30.4 Å². The van der Waals surface area contributed by atoms with Gasteiger partial charge in [-0.15, -0.1) is 10.2 Å². The van der Waals surface area contributed by atoms with Gasteiger partial charge in [-0.3, -0.25) is 9.36 Å². The Hall–Kier alpha value is -2.67. The zero-order valence-electron chi connectivity index (χ0n) is 17.1. The number of aryl methyl sites for hydroxylation is 2. The first kappa shape index (κ1) is 19.6. The highest BCUT2D eigenvalue weighted by Gasteiger charge is 2.27. The summed E-state index contributed by atoms with van der Waals surface area (Å²) >= 11 is 1.61. The normalized spacial score (nSPS) is 16.0. The molecule has 1 aromatic carbocycles. The molecule has 3 aromatic rings. The number of amides is 1. The number of piperidine rings is 1. The average Bonchev–Trinajstić information content (AvgIpc) is 3.35. The van der Waals surface area contributed by atoms with Crippen molar-refractivity contribution in [2.24, 2.45) is 5.92 Å². The minimum Gasteiger partial charge on any atom is -0.349 e. The van der Waals surface area contributed by atoms with Gasteiger partial charge in [-0.2, -0.15) is 0 Å². The lowest BCUT2D eigenvalue weighted by atomic mass is 9.95. The number of benzene rings is 1. The molecule has 2 aromatic heterocycles. The predicted octanol–water partition coefficient (Wildman–Crippen LogP) is 4.04. The quantitative estimate of drug-likeness (QED) is 0.691. The third kappa shape index (κ3) is 4.19. The molecule has 6 nitrogen and oxygen atoms in total. The van der Waals surface area contributed by atoms with Crippen molar-refractivity contribution < 1.29 is 4.79 Å². The van der Waals surface area contributed by atoms with E-state index >= 15 is 0 Å². The van der Waals surface area contributed by atoms with E-state index in [0.717, 1.165) is 53.1 Å². The number of carbonyl (C=O) groups excluding carboxylic acids is 1. The van der Waals surface area contributed by atoms with E-state index in [2.05, 4.69) is 63.1 Å². The largest absolute Gasteiger partial charge is 0.349 e. The standard InChI is InChI=1S/C22H27N5OS/c1-15-9-10-16(2)27(15)22-25-24-21(29-22)26-13-11-19(12-14-26)20(28)23-17(3)18-7-5-4-6-8-18/h4-10,17,19H,11-14H2,1-3H3,(H,23,28)/t17-/m1/s1. The SMILES string of the molecule is Cc1ccc(C)n1-c1nnc(N2CCC(C(=O)N[C@H](C)c3ccccc3)CC2)s1. The van der Waals surface area contributed by atoms with Crippen LogP contribution < -0.4 is 10.2 Å². The van der Waals surface area contributed by atoms with Gasteiger partial charge in [0.2, 0.25) is 16.2 Å². The van der Waals surface area contributed by atoms with Crippen LogP contribution in [-0.2, 0) is 4.79 Å². The number of anilines is 1. The van der Waals surface area contributed by atoms with E-state index in [1.54, 1.807) is 11.3 Å². The second kappa shape index (κ2) is 8.37. The number of hydrogen-bond donors (Lipinski definition) is 1. The van der Waals surface area contributed by atoms with Gasteiger partial charge in [0.25, 0.3) is 0 Å². The lowest BCUT2D eigenvalue weighted by Gasteiger charge is -2.31. The molecule has 0 bridgehead atoms. The number of aromatic nitrogens is 3. The predicted molar refractivity (Wildman–Crippen MR) is 117 cm³/mol. The summed E-state index contributed by atoms with van der Waals surface area (Å²) in [6.07, 6.45) is 1.67. The van der Waals surface area contributed by atoms with E-state index in [9.17, 15) is 4.79 Å². The number of carbonyl (C=O) groups is 1. The zero-order valence-corrected chi connectivity index (χ0v) is 17.9. The molecule has 1 amide bonds. The second-order valence-corrected chi connectivity index (χ2v) is 8.66. The monoisotopic (exact) mass is 409 g/mol. The first-order chi connectivity index (χ1) is 14.0. The highest BCUT2D eigenvalue weighted by Crippen LogP contribution is 2.29. The molecule has 29 heavy (non-hydrogen) atoms. The summed E-state index contributed by atoms with van der Waals surface area (Å²) in [4.78, 5) is 15.0. The molecule has 0 saturated carbocycles. The molecular formula is C22H27N5OS. The maximum absolute atomic E-state index is 12.7. The number of nitrogens with zero attached hydrogens (tertiary/aromatic N) is 4. The van der Waals surface area contributed by atoms with Crippen LogP contribution in [0.1, 0.15) is 42.8 Å². The molecular weight excluding hydrogens is 382 g/mol. The van der Waals surface area contributed by atoms with E-state index < -0.39 is 0 Å². The van der Waals surface area contributed by atoms with Crippen LogP contribution in [0, 0.1) is 19.8 Å². The van der Waals surface area contributed by atoms with Crippen molar-refractivity contribution in [3.05, 3.63) is 59.4 Å². The molecule has 1 aliphatic rings. The maximum Gasteiger partial charge on any atom is 0.223 e. The first-order valence-corrected chi connectivity index (χ1v) is 10.9.